The van der Waals surface area contributed by atoms with E-state index in [-0.39, 0.29) is 36.5 Å². The monoisotopic (exact) mass is 327 g/mol. The van der Waals surface area contributed by atoms with Gasteiger partial charge in [-0.1, -0.05) is 6.42 Å². The molecule has 0 bridgehead atoms. The first-order valence-electron chi connectivity index (χ1n) is 7.05. The van der Waals surface area contributed by atoms with Crippen LogP contribution in [0.1, 0.15) is 33.1 Å². The molecule has 1 aliphatic heterocycles. The van der Waals surface area contributed by atoms with Crippen LogP contribution in [-0.4, -0.2) is 50.6 Å². The Kier molecular flexibility index (Phi) is 6.69. The van der Waals surface area contributed by atoms with E-state index < -0.39 is 10.2 Å². The van der Waals surface area contributed by atoms with E-state index in [4.69, 9.17) is 10.5 Å². The van der Waals surface area contributed by atoms with Crippen LogP contribution < -0.4 is 10.5 Å². The van der Waals surface area contributed by atoms with E-state index in [1.165, 1.54) is 4.31 Å². The Labute approximate surface area is 128 Å². The number of morpholine rings is 1. The molecule has 1 aliphatic carbocycles. The summed E-state index contributed by atoms with van der Waals surface area (Å²) in [4.78, 5) is 0. The van der Waals surface area contributed by atoms with E-state index >= 15 is 0 Å². The fourth-order valence-corrected chi connectivity index (χ4v) is 4.71. The van der Waals surface area contributed by atoms with Gasteiger partial charge in [-0.15, -0.1) is 12.4 Å². The predicted molar refractivity (Wildman–Crippen MR) is 81.1 cm³/mol. The van der Waals surface area contributed by atoms with Gasteiger partial charge >= 0.3 is 0 Å². The molecular weight excluding hydrogens is 302 g/mol. The highest BCUT2D eigenvalue weighted by atomic mass is 35.5. The van der Waals surface area contributed by atoms with Crippen molar-refractivity contribution in [2.45, 2.75) is 51.3 Å². The van der Waals surface area contributed by atoms with Gasteiger partial charge in [-0.2, -0.15) is 17.4 Å². The molecule has 2 aliphatic rings. The van der Waals surface area contributed by atoms with E-state index in [2.05, 4.69) is 4.72 Å². The van der Waals surface area contributed by atoms with Crippen molar-refractivity contribution in [1.82, 2.24) is 9.03 Å². The van der Waals surface area contributed by atoms with Crippen molar-refractivity contribution in [3.05, 3.63) is 0 Å². The van der Waals surface area contributed by atoms with Gasteiger partial charge in [0.05, 0.1) is 12.7 Å². The van der Waals surface area contributed by atoms with E-state index in [0.717, 1.165) is 19.3 Å². The zero-order valence-electron chi connectivity index (χ0n) is 12.1. The first-order chi connectivity index (χ1) is 8.94. The first kappa shape index (κ1) is 18.1. The van der Waals surface area contributed by atoms with Gasteiger partial charge in [-0.25, -0.2) is 0 Å². The van der Waals surface area contributed by atoms with Gasteiger partial charge in [0, 0.05) is 18.6 Å². The van der Waals surface area contributed by atoms with Crippen LogP contribution in [0.4, 0.5) is 0 Å². The number of rotatable bonds is 4. The third-order valence-electron chi connectivity index (χ3n) is 4.12. The Morgan fingerprint density at radius 1 is 1.35 bits per heavy atom. The molecule has 4 unspecified atom stereocenters. The van der Waals surface area contributed by atoms with Crippen LogP contribution in [0.3, 0.4) is 0 Å². The predicted octanol–water partition coefficient (Wildman–Crippen LogP) is 0.479. The molecule has 0 spiro atoms. The fourth-order valence-electron chi connectivity index (χ4n) is 2.94. The highest BCUT2D eigenvalue weighted by Gasteiger charge is 2.37. The number of hydrogen-bond acceptors (Lipinski definition) is 4. The van der Waals surface area contributed by atoms with Crippen molar-refractivity contribution in [3.8, 4) is 0 Å². The largest absolute Gasteiger partial charge is 0.375 e. The lowest BCUT2D eigenvalue weighted by Crippen LogP contribution is -2.56. The average molecular weight is 328 g/mol. The number of halogens is 1. The summed E-state index contributed by atoms with van der Waals surface area (Å²) in [6, 6.07) is -0.133. The lowest BCUT2D eigenvalue weighted by molar-refractivity contribution is -0.0176. The molecule has 2 rings (SSSR count). The van der Waals surface area contributed by atoms with Gasteiger partial charge in [0.1, 0.15) is 0 Å². The van der Waals surface area contributed by atoms with Crippen LogP contribution in [0.5, 0.6) is 0 Å². The summed E-state index contributed by atoms with van der Waals surface area (Å²) in [5.74, 6) is 0.267. The number of hydrogen-bond donors (Lipinski definition) is 2. The summed E-state index contributed by atoms with van der Waals surface area (Å²) in [6.07, 6.45) is 2.89. The van der Waals surface area contributed by atoms with Gasteiger partial charge < -0.3 is 10.5 Å². The summed E-state index contributed by atoms with van der Waals surface area (Å²) >= 11 is 0. The molecule has 2 fully saturated rings. The molecule has 4 atom stereocenters. The van der Waals surface area contributed by atoms with E-state index in [1.54, 1.807) is 0 Å². The van der Waals surface area contributed by atoms with Crippen LogP contribution in [0, 0.1) is 5.92 Å². The molecule has 1 saturated carbocycles. The molecule has 0 amide bonds. The van der Waals surface area contributed by atoms with Crippen LogP contribution in [-0.2, 0) is 14.9 Å². The maximum Gasteiger partial charge on any atom is 0.280 e. The molecule has 1 saturated heterocycles. The minimum atomic E-state index is -3.44. The Morgan fingerprint density at radius 2 is 2.05 bits per heavy atom. The highest BCUT2D eigenvalue weighted by molar-refractivity contribution is 7.87. The fraction of sp³-hybridized carbons (Fsp3) is 1.00. The lowest BCUT2D eigenvalue weighted by Gasteiger charge is -2.36. The minimum absolute atomic E-state index is 0. The van der Waals surface area contributed by atoms with E-state index in [9.17, 15) is 8.42 Å². The van der Waals surface area contributed by atoms with Crippen molar-refractivity contribution in [2.75, 3.05) is 19.7 Å². The lowest BCUT2D eigenvalue weighted by atomic mass is 10.1. The van der Waals surface area contributed by atoms with E-state index in [1.807, 2.05) is 13.8 Å². The summed E-state index contributed by atoms with van der Waals surface area (Å²) in [5.41, 5.74) is 5.70. The molecule has 1 heterocycles. The molecule has 8 heteroatoms. The maximum absolute atomic E-state index is 12.5. The van der Waals surface area contributed by atoms with Crippen molar-refractivity contribution in [2.24, 2.45) is 11.7 Å². The molecule has 3 N–H and O–H groups in total. The number of ether oxygens (including phenoxy) is 1. The third kappa shape index (κ3) is 4.05. The van der Waals surface area contributed by atoms with Crippen LogP contribution >= 0.6 is 12.4 Å². The molecule has 0 aromatic carbocycles. The zero-order chi connectivity index (χ0) is 14.0. The van der Waals surface area contributed by atoms with Crippen LogP contribution in [0.15, 0.2) is 0 Å². The number of nitrogens with two attached hydrogens (primary N) is 1. The maximum atomic E-state index is 12.5. The number of nitrogens with one attached hydrogen (secondary N) is 1. The van der Waals surface area contributed by atoms with Gasteiger partial charge in [0.2, 0.25) is 0 Å². The molecular formula is C12H26ClN3O3S. The van der Waals surface area contributed by atoms with Gasteiger partial charge in [-0.05, 0) is 39.2 Å². The molecule has 6 nitrogen and oxygen atoms in total. The smallest absolute Gasteiger partial charge is 0.280 e. The Hall–Kier alpha value is 0.0800. The minimum Gasteiger partial charge on any atom is -0.375 e. The molecule has 20 heavy (non-hydrogen) atoms. The third-order valence-corrected chi connectivity index (χ3v) is 5.85. The Balaban J connectivity index is 0.00000200. The average Bonchev–Trinajstić information content (AvgIpc) is 2.78. The van der Waals surface area contributed by atoms with Gasteiger partial charge in [-0.3, -0.25) is 0 Å². The molecule has 0 aromatic rings. The summed E-state index contributed by atoms with van der Waals surface area (Å²) < 4.78 is 34.8. The molecule has 0 aromatic heterocycles. The number of nitrogens with zero attached hydrogens (tertiary/aromatic N) is 1. The Bertz CT molecular complexity index is 407. The SMILES string of the molecule is CC1CN(S(=O)(=O)NC2CCCC2CN)C(C)CO1.Cl. The summed E-state index contributed by atoms with van der Waals surface area (Å²) in [5, 5.41) is 0. The van der Waals surface area contributed by atoms with Gasteiger partial charge in [0.25, 0.3) is 10.2 Å². The van der Waals surface area contributed by atoms with Crippen LogP contribution in [0.2, 0.25) is 0 Å². The Morgan fingerprint density at radius 3 is 2.70 bits per heavy atom. The van der Waals surface area contributed by atoms with Gasteiger partial charge in [0.15, 0.2) is 0 Å². The molecule has 120 valence electrons. The summed E-state index contributed by atoms with van der Waals surface area (Å²) in [7, 11) is -3.44. The zero-order valence-corrected chi connectivity index (χ0v) is 13.8. The first-order valence-corrected chi connectivity index (χ1v) is 8.49. The second kappa shape index (κ2) is 7.38. The van der Waals surface area contributed by atoms with Crippen LogP contribution in [0.25, 0.3) is 0 Å². The van der Waals surface area contributed by atoms with Crippen molar-refractivity contribution in [3.63, 3.8) is 0 Å². The topological polar surface area (TPSA) is 84.7 Å². The second-order valence-electron chi connectivity index (χ2n) is 5.72. The summed E-state index contributed by atoms with van der Waals surface area (Å²) in [6.45, 7) is 5.18. The van der Waals surface area contributed by atoms with Crippen molar-refractivity contribution >= 4 is 22.6 Å². The van der Waals surface area contributed by atoms with E-state index in [0.29, 0.717) is 19.7 Å². The quantitative estimate of drug-likeness (QED) is 0.786. The standard InChI is InChI=1S/C12H25N3O3S.ClH/c1-9-8-18-10(2)7-15(9)19(16,17)14-12-5-3-4-11(12)6-13;/h9-12,14H,3-8,13H2,1-2H3;1H. The highest BCUT2D eigenvalue weighted by Crippen LogP contribution is 2.26. The normalized spacial score (nSPS) is 35.8. The second-order valence-corrected chi connectivity index (χ2v) is 7.37. The van der Waals surface area contributed by atoms with Crippen molar-refractivity contribution < 1.29 is 13.2 Å². The molecule has 0 radical (unpaired) electrons. The van der Waals surface area contributed by atoms with Crippen molar-refractivity contribution in [1.29, 1.82) is 0 Å².